The average Bonchev–Trinajstić information content (AvgIpc) is 1.47. The minimum atomic E-state index is 0.892. The molecule has 9 nitrogen and oxygen atoms in total. The van der Waals surface area contributed by atoms with Crippen molar-refractivity contribution in [2.75, 3.05) is 177 Å². The van der Waals surface area contributed by atoms with Crippen molar-refractivity contribution in [1.82, 2.24) is 44.1 Å². The summed E-state index contributed by atoms with van der Waals surface area (Å²) in [6.07, 6.45) is 38.5. The number of nitrogens with zero attached hydrogens (tertiary/aromatic N) is 9. The molecule has 20 fully saturated rings. The number of hydrogen-bond donors (Lipinski definition) is 0. The van der Waals surface area contributed by atoms with Crippen molar-refractivity contribution in [3.63, 3.8) is 0 Å². The number of piperidine rings is 11. The lowest BCUT2D eigenvalue weighted by Crippen LogP contribution is -2.47. The van der Waals surface area contributed by atoms with Gasteiger partial charge in [-0.15, -0.1) is 0 Å². The van der Waals surface area contributed by atoms with Crippen molar-refractivity contribution in [3.05, 3.63) is 0 Å². The van der Waals surface area contributed by atoms with Gasteiger partial charge in [-0.1, -0.05) is 125 Å². The van der Waals surface area contributed by atoms with Gasteiger partial charge in [0.15, 0.2) is 0 Å². The van der Waals surface area contributed by atoms with Gasteiger partial charge < -0.3 is 44.1 Å². The molecule has 23 atom stereocenters. The predicted octanol–water partition coefficient (Wildman–Crippen LogP) is 21.0. The van der Waals surface area contributed by atoms with Crippen LogP contribution in [0.1, 0.15) is 292 Å². The minimum Gasteiger partial charge on any atom is -0.303 e. The van der Waals surface area contributed by atoms with Crippen molar-refractivity contribution >= 4 is 0 Å². The molecule has 13 unspecified atom stereocenters. The fraction of sp³-hybridized carbons (Fsp3) is 1.00. The first-order valence-electron chi connectivity index (χ1n) is 48.7. The lowest BCUT2D eigenvalue weighted by atomic mass is 9.75. The maximum atomic E-state index is 2.69. The van der Waals surface area contributed by atoms with Crippen LogP contribution in [0.5, 0.6) is 0 Å². The van der Waals surface area contributed by atoms with Crippen LogP contribution >= 0.6 is 0 Å². The molecule has 20 aliphatic rings. The highest BCUT2D eigenvalue weighted by atomic mass is 15.2. The van der Waals surface area contributed by atoms with E-state index >= 15 is 0 Å². The van der Waals surface area contributed by atoms with Crippen LogP contribution in [-0.4, -0.2) is 221 Å². The molecule has 20 heterocycles. The van der Waals surface area contributed by atoms with Gasteiger partial charge in [-0.3, -0.25) is 0 Å². The van der Waals surface area contributed by atoms with Gasteiger partial charge in [-0.25, -0.2) is 0 Å². The first-order valence-corrected chi connectivity index (χ1v) is 48.7. The van der Waals surface area contributed by atoms with Gasteiger partial charge in [-0.2, -0.15) is 0 Å². The summed E-state index contributed by atoms with van der Waals surface area (Å²) in [6, 6.07) is 0. The molecule has 0 aromatic heterocycles. The summed E-state index contributed by atoms with van der Waals surface area (Å²) in [6.45, 7) is 80.2. The molecule has 9 heteroatoms. The summed E-state index contributed by atoms with van der Waals surface area (Å²) in [4.78, 5) is 24.0. The van der Waals surface area contributed by atoms with Gasteiger partial charge in [0.2, 0.25) is 0 Å². The molecule has 0 aromatic rings. The lowest BCUT2D eigenvalue weighted by molar-refractivity contribution is 0.0406. The molecule has 0 spiro atoms. The summed E-state index contributed by atoms with van der Waals surface area (Å²) in [5.41, 5.74) is 0. The van der Waals surface area contributed by atoms with Crippen LogP contribution in [0.25, 0.3) is 0 Å². The molecule has 0 aliphatic carbocycles. The largest absolute Gasteiger partial charge is 0.303 e. The van der Waals surface area contributed by atoms with E-state index in [1.807, 2.05) is 0 Å². The van der Waals surface area contributed by atoms with Crippen LogP contribution in [0.4, 0.5) is 0 Å². The van der Waals surface area contributed by atoms with Crippen molar-refractivity contribution < 1.29 is 0 Å². The summed E-state index contributed by atoms with van der Waals surface area (Å²) in [5.74, 6) is 26.9. The second kappa shape index (κ2) is 44.8. The van der Waals surface area contributed by atoms with Crippen LogP contribution < -0.4 is 0 Å². The Hall–Kier alpha value is -0.360. The van der Waals surface area contributed by atoms with E-state index in [1.165, 1.54) is 344 Å². The summed E-state index contributed by atoms with van der Waals surface area (Å²) >= 11 is 0. The van der Waals surface area contributed by atoms with E-state index in [0.29, 0.717) is 0 Å². The lowest BCUT2D eigenvalue weighted by Gasteiger charge is -2.45. The van der Waals surface area contributed by atoms with Crippen LogP contribution in [0, 0.1) is 160 Å². The van der Waals surface area contributed by atoms with Crippen molar-refractivity contribution in [2.24, 2.45) is 160 Å². The van der Waals surface area contributed by atoms with Gasteiger partial charge in [0.1, 0.15) is 0 Å². The summed E-state index contributed by atoms with van der Waals surface area (Å²) < 4.78 is 0. The van der Waals surface area contributed by atoms with Crippen molar-refractivity contribution in [3.8, 4) is 0 Å². The summed E-state index contributed by atoms with van der Waals surface area (Å²) in [5, 5.41) is 0. The Morgan fingerprint density at radius 3 is 0.645 bits per heavy atom. The van der Waals surface area contributed by atoms with E-state index in [2.05, 4.69) is 169 Å². The molecule has 0 amide bonds. The Morgan fingerprint density at radius 1 is 0.178 bits per heavy atom. The monoisotopic (exact) mass is 1490 g/mol. The molecule has 20 aliphatic heterocycles. The molecule has 0 N–H and O–H groups in total. The molecule has 20 saturated heterocycles. The van der Waals surface area contributed by atoms with E-state index < -0.39 is 0 Å². The third-order valence-electron chi connectivity index (χ3n) is 30.8. The van der Waals surface area contributed by atoms with Gasteiger partial charge >= 0.3 is 0 Å². The zero-order valence-electron chi connectivity index (χ0n) is 75.1. The maximum absolute atomic E-state index is 2.69. The Labute approximate surface area is 668 Å². The van der Waals surface area contributed by atoms with Crippen LogP contribution in [0.15, 0.2) is 0 Å². The Balaban J connectivity index is 0.000000129. The quantitative estimate of drug-likeness (QED) is 0.133. The Bertz CT molecular complexity index is 2120. The van der Waals surface area contributed by atoms with Crippen LogP contribution in [0.2, 0.25) is 0 Å². The van der Waals surface area contributed by atoms with E-state index in [1.54, 1.807) is 0 Å². The van der Waals surface area contributed by atoms with Crippen molar-refractivity contribution in [2.45, 2.75) is 292 Å². The van der Waals surface area contributed by atoms with Gasteiger partial charge in [0.05, 0.1) is 0 Å². The van der Waals surface area contributed by atoms with E-state index in [4.69, 9.17) is 0 Å². The van der Waals surface area contributed by atoms with Crippen LogP contribution in [0.3, 0.4) is 0 Å². The molecule has 0 saturated carbocycles. The Kier molecular flexibility index (Phi) is 37.3. The number of hydrogen-bond acceptors (Lipinski definition) is 9. The SMILES string of the molecule is CC(C)CC1CC2CCN(CC2)C1.CC(C)CC1CN2CCC1CC2.CC(C)CC1CN2CCC[C@H]1C2.CC(C)CC1CN2CC[C@H]1C2.CC(C)CC1C[C@@H]2CCN(C1)C2.CC(C)CC1C[C@H]2CCN(C1)C2.CC(C)C[C@@H]1C[C@H]2CCN(C2)C1.CC(C)C[C@H]1CN2CCC[C@H]1C2.CC(C)C[C@H]1CN2CC[C@H]1C2. The van der Waals surface area contributed by atoms with Gasteiger partial charge in [-0.05, 0) is 399 Å². The fourth-order valence-electron chi connectivity index (χ4n) is 26.7. The molecular formula is C98H187N9. The molecule has 0 radical (unpaired) electrons. The average molecular weight is 1490 g/mol. The van der Waals surface area contributed by atoms with E-state index in [9.17, 15) is 0 Å². The highest BCUT2D eigenvalue weighted by molar-refractivity contribution is 4.95. The molecule has 0 aromatic carbocycles. The van der Waals surface area contributed by atoms with Crippen molar-refractivity contribution in [1.29, 1.82) is 0 Å². The molecule has 18 bridgehead atoms. The van der Waals surface area contributed by atoms with E-state index in [0.717, 1.165) is 160 Å². The highest BCUT2D eigenvalue weighted by Crippen LogP contribution is 2.43. The minimum absolute atomic E-state index is 0.892. The molecule has 624 valence electrons. The maximum Gasteiger partial charge on any atom is 0.00134 e. The number of rotatable bonds is 18. The number of fused-ring (bicyclic) bond motifs is 21. The zero-order chi connectivity index (χ0) is 76.3. The highest BCUT2D eigenvalue weighted by Gasteiger charge is 2.42. The molecule has 107 heavy (non-hydrogen) atoms. The second-order valence-corrected chi connectivity index (χ2v) is 45.4. The van der Waals surface area contributed by atoms with Gasteiger partial charge in [0, 0.05) is 105 Å². The van der Waals surface area contributed by atoms with Crippen LogP contribution in [-0.2, 0) is 0 Å². The first-order chi connectivity index (χ1) is 51.2. The molecular weight excluding hydrogens is 1300 g/mol. The first kappa shape index (κ1) is 89.0. The third-order valence-corrected chi connectivity index (χ3v) is 30.8. The predicted molar refractivity (Wildman–Crippen MR) is 464 cm³/mol. The zero-order valence-corrected chi connectivity index (χ0v) is 75.1. The normalized spacial score (nSPS) is 40.9. The third kappa shape index (κ3) is 30.6. The Morgan fingerprint density at radius 2 is 0.383 bits per heavy atom. The standard InChI is InChI=1S/C12H23N.6C11H21N.2C10H19N/c1-10(2)7-12-8-11-3-5-13(9-12)6-4-11;1-9(2)7-11-8-12-5-3-10(11)4-6-12;3*1-9(2)5-11-6-10-3-4-12(7-10)8-11;2*1-9(2)6-11-8-12-5-3-4-10(11)7-12;2*1-8(2)5-10-7-11-4-3-9(10)6-11/h10-12H,3-9H2,1-2H3;6*9-11H,3-8H2,1-2H3;2*8-10H,3-7H2,1-2H3/t;;2*10-,11?;10-,11-;10-,11?;10-,11-;9-,10?;9-,10-/m..1010000/s1. The van der Waals surface area contributed by atoms with E-state index in [-0.39, 0.29) is 0 Å². The fourth-order valence-corrected chi connectivity index (χ4v) is 26.7. The molecule has 20 rings (SSSR count). The van der Waals surface area contributed by atoms with Gasteiger partial charge in [0.25, 0.3) is 0 Å². The second-order valence-electron chi connectivity index (χ2n) is 45.4. The smallest absolute Gasteiger partial charge is 0.00134 e. The topological polar surface area (TPSA) is 29.2 Å². The summed E-state index contributed by atoms with van der Waals surface area (Å²) in [7, 11) is 0.